The Labute approximate surface area is 119 Å². The zero-order valence-corrected chi connectivity index (χ0v) is 11.9. The minimum absolute atomic E-state index is 0.0782. The molecule has 1 atom stereocenters. The second kappa shape index (κ2) is 5.77. The Bertz CT molecular complexity index is 544. The number of hydrogen-bond acceptors (Lipinski definition) is 3. The highest BCUT2D eigenvalue weighted by atomic mass is 16.5. The summed E-state index contributed by atoms with van der Waals surface area (Å²) in [5.41, 5.74) is 2.22. The van der Waals surface area contributed by atoms with Crippen LogP contribution in [0.4, 0.5) is 0 Å². The predicted octanol–water partition coefficient (Wildman–Crippen LogP) is 2.53. The quantitative estimate of drug-likeness (QED) is 0.928. The molecule has 1 saturated heterocycles. The number of aromatic nitrogens is 2. The van der Waals surface area contributed by atoms with Gasteiger partial charge >= 0.3 is 0 Å². The van der Waals surface area contributed by atoms with Gasteiger partial charge in [-0.05, 0) is 38.0 Å². The van der Waals surface area contributed by atoms with Gasteiger partial charge in [0.15, 0.2) is 0 Å². The van der Waals surface area contributed by atoms with Gasteiger partial charge in [0.25, 0.3) is 0 Å². The van der Waals surface area contributed by atoms with E-state index in [1.807, 2.05) is 29.1 Å². The number of nitrogens with one attached hydrogen (secondary N) is 1. The fourth-order valence-corrected chi connectivity index (χ4v) is 2.56. The lowest BCUT2D eigenvalue weighted by Crippen LogP contribution is -2.48. The highest BCUT2D eigenvalue weighted by molar-refractivity contribution is 5.30. The van der Waals surface area contributed by atoms with Crippen molar-refractivity contribution in [1.82, 2.24) is 15.1 Å². The van der Waals surface area contributed by atoms with Crippen molar-refractivity contribution < 1.29 is 4.74 Å². The zero-order chi connectivity index (χ0) is 13.8. The number of hydrogen-bond donors (Lipinski definition) is 1. The van der Waals surface area contributed by atoms with Crippen LogP contribution in [0, 0.1) is 0 Å². The van der Waals surface area contributed by atoms with E-state index in [1.165, 1.54) is 0 Å². The van der Waals surface area contributed by atoms with Crippen LogP contribution < -0.4 is 5.32 Å². The first-order valence-corrected chi connectivity index (χ1v) is 7.18. The van der Waals surface area contributed by atoms with Crippen LogP contribution in [0.25, 0.3) is 5.69 Å². The van der Waals surface area contributed by atoms with Crippen LogP contribution >= 0.6 is 0 Å². The maximum atomic E-state index is 5.56. The van der Waals surface area contributed by atoms with Gasteiger partial charge in [-0.3, -0.25) is 0 Å². The molecule has 2 heterocycles. The average molecular weight is 271 g/mol. The van der Waals surface area contributed by atoms with Crippen molar-refractivity contribution in [2.24, 2.45) is 0 Å². The summed E-state index contributed by atoms with van der Waals surface area (Å²) in [6, 6.07) is 12.2. The molecule has 0 saturated carbocycles. The number of ether oxygens (including phenoxy) is 1. The maximum Gasteiger partial charge on any atom is 0.0767 e. The molecule has 1 aliphatic rings. The van der Waals surface area contributed by atoms with E-state index in [0.717, 1.165) is 44.0 Å². The molecule has 0 aliphatic carbocycles. The second-order valence-corrected chi connectivity index (χ2v) is 5.66. The summed E-state index contributed by atoms with van der Waals surface area (Å²) in [5, 5.41) is 8.19. The predicted molar refractivity (Wildman–Crippen MR) is 78.9 cm³/mol. The van der Waals surface area contributed by atoms with Gasteiger partial charge in [0, 0.05) is 24.9 Å². The smallest absolute Gasteiger partial charge is 0.0767 e. The summed E-state index contributed by atoms with van der Waals surface area (Å²) in [7, 11) is 0. The van der Waals surface area contributed by atoms with Crippen LogP contribution in [-0.2, 0) is 11.3 Å². The normalized spacial score (nSPS) is 22.9. The molecular formula is C16H21N3O. The van der Waals surface area contributed by atoms with Gasteiger partial charge in [-0.15, -0.1) is 0 Å². The van der Waals surface area contributed by atoms with Crippen LogP contribution in [0.3, 0.4) is 0 Å². The van der Waals surface area contributed by atoms with Gasteiger partial charge in [0.05, 0.1) is 18.0 Å². The molecule has 1 fully saturated rings. The molecule has 4 heteroatoms. The van der Waals surface area contributed by atoms with E-state index in [2.05, 4.69) is 35.5 Å². The summed E-state index contributed by atoms with van der Waals surface area (Å²) in [6.07, 6.45) is 4.29. The molecule has 1 aliphatic heterocycles. The summed E-state index contributed by atoms with van der Waals surface area (Å²) >= 11 is 0. The van der Waals surface area contributed by atoms with Gasteiger partial charge in [0.1, 0.15) is 0 Å². The molecule has 0 bridgehead atoms. The van der Waals surface area contributed by atoms with Crippen LogP contribution in [0.5, 0.6) is 0 Å². The molecule has 1 N–H and O–H groups in total. The van der Waals surface area contributed by atoms with Crippen LogP contribution in [0.1, 0.15) is 25.5 Å². The maximum absolute atomic E-state index is 5.56. The van der Waals surface area contributed by atoms with Crippen molar-refractivity contribution in [2.75, 3.05) is 13.2 Å². The van der Waals surface area contributed by atoms with Crippen molar-refractivity contribution >= 4 is 0 Å². The Hall–Kier alpha value is -1.65. The summed E-state index contributed by atoms with van der Waals surface area (Å²) in [6.45, 7) is 4.67. The second-order valence-electron chi connectivity index (χ2n) is 5.66. The lowest BCUT2D eigenvalue weighted by Gasteiger charge is -2.34. The molecule has 0 radical (unpaired) electrons. The zero-order valence-electron chi connectivity index (χ0n) is 11.9. The van der Waals surface area contributed by atoms with E-state index < -0.39 is 0 Å². The van der Waals surface area contributed by atoms with Gasteiger partial charge < -0.3 is 10.1 Å². The lowest BCUT2D eigenvalue weighted by atomic mass is 9.95. The van der Waals surface area contributed by atoms with E-state index >= 15 is 0 Å². The minimum Gasteiger partial charge on any atom is -0.380 e. The van der Waals surface area contributed by atoms with Crippen LogP contribution in [-0.4, -0.2) is 28.5 Å². The number of nitrogens with zero attached hydrogens (tertiary/aromatic N) is 2. The number of rotatable bonds is 4. The molecule has 3 rings (SSSR count). The minimum atomic E-state index is 0.0782. The SMILES string of the molecule is CC1(NCc2ccn(-c3ccccc3)n2)CCCOC1. The molecule has 1 aromatic heterocycles. The Morgan fingerprint density at radius 2 is 2.15 bits per heavy atom. The van der Waals surface area contributed by atoms with E-state index in [-0.39, 0.29) is 5.54 Å². The van der Waals surface area contributed by atoms with Crippen molar-refractivity contribution in [1.29, 1.82) is 0 Å². The van der Waals surface area contributed by atoms with E-state index in [0.29, 0.717) is 0 Å². The first-order chi connectivity index (χ1) is 9.75. The molecule has 0 amide bonds. The summed E-state index contributed by atoms with van der Waals surface area (Å²) in [4.78, 5) is 0. The molecule has 2 aromatic rings. The highest BCUT2D eigenvalue weighted by Crippen LogP contribution is 2.18. The fourth-order valence-electron chi connectivity index (χ4n) is 2.56. The third kappa shape index (κ3) is 3.08. The number of benzene rings is 1. The van der Waals surface area contributed by atoms with Crippen molar-refractivity contribution in [3.63, 3.8) is 0 Å². The molecule has 20 heavy (non-hydrogen) atoms. The molecule has 106 valence electrons. The third-order valence-corrected chi connectivity index (χ3v) is 3.80. The fraction of sp³-hybridized carbons (Fsp3) is 0.438. The molecule has 1 aromatic carbocycles. The molecule has 1 unspecified atom stereocenters. The van der Waals surface area contributed by atoms with Crippen molar-refractivity contribution in [2.45, 2.75) is 31.8 Å². The Morgan fingerprint density at radius 1 is 1.30 bits per heavy atom. The molecule has 0 spiro atoms. The Morgan fingerprint density at radius 3 is 2.90 bits per heavy atom. The lowest BCUT2D eigenvalue weighted by molar-refractivity contribution is 0.0276. The monoisotopic (exact) mass is 271 g/mol. The summed E-state index contributed by atoms with van der Waals surface area (Å²) < 4.78 is 7.47. The average Bonchev–Trinajstić information content (AvgIpc) is 2.96. The van der Waals surface area contributed by atoms with Crippen molar-refractivity contribution in [3.8, 4) is 5.69 Å². The van der Waals surface area contributed by atoms with Crippen LogP contribution in [0.15, 0.2) is 42.6 Å². The molecular weight excluding hydrogens is 250 g/mol. The van der Waals surface area contributed by atoms with Gasteiger partial charge in [-0.25, -0.2) is 4.68 Å². The first-order valence-electron chi connectivity index (χ1n) is 7.18. The number of para-hydroxylation sites is 1. The third-order valence-electron chi connectivity index (χ3n) is 3.80. The van der Waals surface area contributed by atoms with E-state index in [4.69, 9.17) is 4.74 Å². The van der Waals surface area contributed by atoms with E-state index in [9.17, 15) is 0 Å². The van der Waals surface area contributed by atoms with Gasteiger partial charge in [0.2, 0.25) is 0 Å². The van der Waals surface area contributed by atoms with Gasteiger partial charge in [-0.1, -0.05) is 18.2 Å². The Balaban J connectivity index is 1.63. The standard InChI is InChI=1S/C16H21N3O/c1-16(9-5-11-20-13-16)17-12-14-8-10-19(18-14)15-6-3-2-4-7-15/h2-4,6-8,10,17H,5,9,11-13H2,1H3. The largest absolute Gasteiger partial charge is 0.380 e. The summed E-state index contributed by atoms with van der Waals surface area (Å²) in [5.74, 6) is 0. The van der Waals surface area contributed by atoms with Crippen LogP contribution in [0.2, 0.25) is 0 Å². The van der Waals surface area contributed by atoms with E-state index in [1.54, 1.807) is 0 Å². The van der Waals surface area contributed by atoms with Crippen molar-refractivity contribution in [3.05, 3.63) is 48.3 Å². The first kappa shape index (κ1) is 13.3. The molecule has 4 nitrogen and oxygen atoms in total. The topological polar surface area (TPSA) is 39.1 Å². The highest BCUT2D eigenvalue weighted by Gasteiger charge is 2.26. The Kier molecular flexibility index (Phi) is 3.85. The van der Waals surface area contributed by atoms with Gasteiger partial charge in [-0.2, -0.15) is 5.10 Å².